The van der Waals surface area contributed by atoms with Gasteiger partial charge in [-0.05, 0) is 31.0 Å². The first-order valence-electron chi connectivity index (χ1n) is 7.14. The molecule has 0 saturated carbocycles. The van der Waals surface area contributed by atoms with Crippen molar-refractivity contribution in [3.8, 4) is 0 Å². The maximum absolute atomic E-state index is 11.9. The van der Waals surface area contributed by atoms with Crippen molar-refractivity contribution in [2.45, 2.75) is 26.1 Å². The summed E-state index contributed by atoms with van der Waals surface area (Å²) in [6.45, 7) is 4.00. The van der Waals surface area contributed by atoms with Gasteiger partial charge in [-0.3, -0.25) is 9.59 Å². The lowest BCUT2D eigenvalue weighted by Gasteiger charge is -2.08. The van der Waals surface area contributed by atoms with Crippen LogP contribution in [0.3, 0.4) is 0 Å². The van der Waals surface area contributed by atoms with Crippen LogP contribution in [0.1, 0.15) is 22.4 Å². The molecule has 2 rings (SSSR count). The van der Waals surface area contributed by atoms with E-state index in [0.717, 1.165) is 17.0 Å². The quantitative estimate of drug-likeness (QED) is 0.861. The van der Waals surface area contributed by atoms with E-state index in [4.69, 9.17) is 0 Å². The van der Waals surface area contributed by atoms with Crippen LogP contribution in [0.15, 0.2) is 41.2 Å². The molecule has 1 aromatic carbocycles. The molecule has 1 amide bonds. The van der Waals surface area contributed by atoms with E-state index in [9.17, 15) is 9.59 Å². The Balaban J connectivity index is 1.80. The van der Waals surface area contributed by atoms with Crippen LogP contribution < -0.4 is 10.9 Å². The molecule has 0 atom stereocenters. The van der Waals surface area contributed by atoms with E-state index in [1.54, 1.807) is 11.8 Å². The van der Waals surface area contributed by atoms with Crippen molar-refractivity contribution in [3.05, 3.63) is 69.1 Å². The van der Waals surface area contributed by atoms with E-state index < -0.39 is 0 Å². The number of aromatic nitrogens is 1. The SMILES string of the molecule is Cc1cc(C)c(CNC(=O)CSCc2ccccc2)c(=O)[nH]1. The smallest absolute Gasteiger partial charge is 0.253 e. The lowest BCUT2D eigenvalue weighted by Crippen LogP contribution is -2.29. The molecular weight excluding hydrogens is 296 g/mol. The minimum atomic E-state index is -0.130. The summed E-state index contributed by atoms with van der Waals surface area (Å²) < 4.78 is 0. The number of hydrogen-bond donors (Lipinski definition) is 2. The predicted molar refractivity (Wildman–Crippen MR) is 91.0 cm³/mol. The van der Waals surface area contributed by atoms with Crippen molar-refractivity contribution in [3.63, 3.8) is 0 Å². The van der Waals surface area contributed by atoms with Gasteiger partial charge in [0, 0.05) is 23.6 Å². The summed E-state index contributed by atoms with van der Waals surface area (Å²) >= 11 is 1.56. The molecule has 116 valence electrons. The number of H-pyrrole nitrogens is 1. The number of benzene rings is 1. The van der Waals surface area contributed by atoms with Gasteiger partial charge in [-0.15, -0.1) is 11.8 Å². The monoisotopic (exact) mass is 316 g/mol. The van der Waals surface area contributed by atoms with Crippen molar-refractivity contribution in [2.24, 2.45) is 0 Å². The summed E-state index contributed by atoms with van der Waals surface area (Å²) in [5, 5.41) is 2.81. The summed E-state index contributed by atoms with van der Waals surface area (Å²) in [4.78, 5) is 26.5. The topological polar surface area (TPSA) is 62.0 Å². The van der Waals surface area contributed by atoms with Crippen LogP contribution in [0.2, 0.25) is 0 Å². The number of aryl methyl sites for hydroxylation is 2. The largest absolute Gasteiger partial charge is 0.351 e. The zero-order valence-electron chi connectivity index (χ0n) is 12.8. The van der Waals surface area contributed by atoms with Gasteiger partial charge in [0.15, 0.2) is 0 Å². The normalized spacial score (nSPS) is 10.5. The third-order valence-corrected chi connectivity index (χ3v) is 4.30. The first-order valence-corrected chi connectivity index (χ1v) is 8.29. The second kappa shape index (κ2) is 7.84. The van der Waals surface area contributed by atoms with Crippen molar-refractivity contribution >= 4 is 17.7 Å². The molecule has 0 aliphatic rings. The standard InChI is InChI=1S/C17H20N2O2S/c1-12-8-13(2)19-17(21)15(12)9-18-16(20)11-22-10-14-6-4-3-5-7-14/h3-8H,9-11H2,1-2H3,(H,18,20)(H,19,21). The maximum Gasteiger partial charge on any atom is 0.253 e. The molecule has 0 bridgehead atoms. The fourth-order valence-corrected chi connectivity index (χ4v) is 2.99. The van der Waals surface area contributed by atoms with E-state index >= 15 is 0 Å². The molecule has 1 aromatic heterocycles. The summed E-state index contributed by atoms with van der Waals surface area (Å²) in [5.41, 5.74) is 3.42. The minimum absolute atomic E-state index is 0.0553. The zero-order valence-corrected chi connectivity index (χ0v) is 13.6. The molecule has 0 fully saturated rings. The molecule has 5 heteroatoms. The molecule has 4 nitrogen and oxygen atoms in total. The number of hydrogen-bond acceptors (Lipinski definition) is 3. The average Bonchev–Trinajstić information content (AvgIpc) is 2.47. The van der Waals surface area contributed by atoms with Gasteiger partial charge < -0.3 is 10.3 Å². The first-order chi connectivity index (χ1) is 10.6. The van der Waals surface area contributed by atoms with Crippen molar-refractivity contribution < 1.29 is 4.79 Å². The molecule has 0 aliphatic carbocycles. The van der Waals surface area contributed by atoms with Gasteiger partial charge in [0.2, 0.25) is 5.91 Å². The van der Waals surface area contributed by atoms with Crippen molar-refractivity contribution in [2.75, 3.05) is 5.75 Å². The summed E-state index contributed by atoms with van der Waals surface area (Å²) in [6, 6.07) is 11.9. The van der Waals surface area contributed by atoms with Gasteiger partial charge in [-0.2, -0.15) is 0 Å². The van der Waals surface area contributed by atoms with Gasteiger partial charge in [0.05, 0.1) is 5.75 Å². The van der Waals surface area contributed by atoms with Gasteiger partial charge in [0.25, 0.3) is 5.56 Å². The van der Waals surface area contributed by atoms with E-state index in [1.807, 2.05) is 50.2 Å². The van der Waals surface area contributed by atoms with Crippen LogP contribution in [0, 0.1) is 13.8 Å². The number of rotatable bonds is 6. The van der Waals surface area contributed by atoms with Crippen LogP contribution in [0.5, 0.6) is 0 Å². The Morgan fingerprint density at radius 2 is 1.95 bits per heavy atom. The highest BCUT2D eigenvalue weighted by Gasteiger charge is 2.07. The second-order valence-electron chi connectivity index (χ2n) is 5.20. The third kappa shape index (κ3) is 4.77. The van der Waals surface area contributed by atoms with Gasteiger partial charge in [0.1, 0.15) is 0 Å². The van der Waals surface area contributed by atoms with E-state index in [2.05, 4.69) is 10.3 Å². The van der Waals surface area contributed by atoms with Crippen LogP contribution in [-0.2, 0) is 17.1 Å². The highest BCUT2D eigenvalue weighted by Crippen LogP contribution is 2.11. The summed E-state index contributed by atoms with van der Waals surface area (Å²) in [5.74, 6) is 1.14. The Morgan fingerprint density at radius 1 is 1.23 bits per heavy atom. The number of amides is 1. The van der Waals surface area contributed by atoms with Crippen molar-refractivity contribution in [1.29, 1.82) is 0 Å². The average molecular weight is 316 g/mol. The molecule has 0 aliphatic heterocycles. The minimum Gasteiger partial charge on any atom is -0.351 e. The second-order valence-corrected chi connectivity index (χ2v) is 6.18. The Hall–Kier alpha value is -2.01. The highest BCUT2D eigenvalue weighted by atomic mass is 32.2. The third-order valence-electron chi connectivity index (χ3n) is 3.30. The maximum atomic E-state index is 11.9. The fraction of sp³-hybridized carbons (Fsp3) is 0.294. The van der Waals surface area contributed by atoms with Crippen LogP contribution in [0.25, 0.3) is 0 Å². The van der Waals surface area contributed by atoms with Gasteiger partial charge >= 0.3 is 0 Å². The highest BCUT2D eigenvalue weighted by molar-refractivity contribution is 7.99. The molecule has 0 unspecified atom stereocenters. The fourth-order valence-electron chi connectivity index (χ4n) is 2.18. The van der Waals surface area contributed by atoms with Crippen LogP contribution in [0.4, 0.5) is 0 Å². The molecule has 22 heavy (non-hydrogen) atoms. The molecule has 1 heterocycles. The van der Waals surface area contributed by atoms with Crippen molar-refractivity contribution in [1.82, 2.24) is 10.3 Å². The van der Waals surface area contributed by atoms with E-state index in [0.29, 0.717) is 11.3 Å². The Kier molecular flexibility index (Phi) is 5.83. The number of carbonyl (C=O) groups is 1. The van der Waals surface area contributed by atoms with Crippen LogP contribution >= 0.6 is 11.8 Å². The number of thioether (sulfide) groups is 1. The molecule has 2 aromatic rings. The lowest BCUT2D eigenvalue weighted by molar-refractivity contribution is -0.118. The molecule has 2 N–H and O–H groups in total. The molecule has 0 radical (unpaired) electrons. The Morgan fingerprint density at radius 3 is 2.64 bits per heavy atom. The molecule has 0 spiro atoms. The number of aromatic amines is 1. The van der Waals surface area contributed by atoms with Crippen LogP contribution in [-0.4, -0.2) is 16.6 Å². The number of nitrogens with one attached hydrogen (secondary N) is 2. The Labute approximate surface area is 134 Å². The number of pyridine rings is 1. The zero-order chi connectivity index (χ0) is 15.9. The van der Waals surface area contributed by atoms with Gasteiger partial charge in [-0.1, -0.05) is 30.3 Å². The molecule has 0 saturated heterocycles. The van der Waals surface area contributed by atoms with Gasteiger partial charge in [-0.25, -0.2) is 0 Å². The Bertz CT molecular complexity index is 696. The molecular formula is C17H20N2O2S. The van der Waals surface area contributed by atoms with E-state index in [1.165, 1.54) is 5.56 Å². The summed E-state index contributed by atoms with van der Waals surface area (Å²) in [7, 11) is 0. The summed E-state index contributed by atoms with van der Waals surface area (Å²) in [6.07, 6.45) is 0. The predicted octanol–water partition coefficient (Wildman–Crippen LogP) is 2.54. The first kappa shape index (κ1) is 16.4. The number of carbonyl (C=O) groups excluding carboxylic acids is 1. The van der Waals surface area contributed by atoms with E-state index in [-0.39, 0.29) is 18.0 Å². The lowest BCUT2D eigenvalue weighted by atomic mass is 10.1.